The molecular weight excluding hydrogens is 378 g/mol. The van der Waals surface area contributed by atoms with Crippen LogP contribution in [0.25, 0.3) is 21.6 Å². The first-order valence-corrected chi connectivity index (χ1v) is 9.17. The van der Waals surface area contributed by atoms with E-state index in [1.54, 1.807) is 6.33 Å². The van der Waals surface area contributed by atoms with Gasteiger partial charge in [0.15, 0.2) is 0 Å². The fourth-order valence-electron chi connectivity index (χ4n) is 2.79. The highest BCUT2D eigenvalue weighted by Crippen LogP contribution is 2.38. The van der Waals surface area contributed by atoms with Crippen LogP contribution in [0.3, 0.4) is 0 Å². The summed E-state index contributed by atoms with van der Waals surface area (Å²) in [6, 6.07) is 5.72. The Morgan fingerprint density at radius 1 is 1.29 bits per heavy atom. The minimum atomic E-state index is -0.611. The molecule has 0 saturated heterocycles. The number of anilines is 1. The summed E-state index contributed by atoms with van der Waals surface area (Å²) in [4.78, 5) is 30.1. The number of hydrogen-bond donors (Lipinski definition) is 2. The number of pyridine rings is 1. The van der Waals surface area contributed by atoms with Crippen LogP contribution in [-0.4, -0.2) is 30.4 Å². The molecule has 0 spiro atoms. The van der Waals surface area contributed by atoms with Crippen LogP contribution in [0, 0.1) is 6.92 Å². The molecule has 28 heavy (non-hydrogen) atoms. The van der Waals surface area contributed by atoms with Crippen LogP contribution in [0.2, 0.25) is 0 Å². The summed E-state index contributed by atoms with van der Waals surface area (Å²) < 4.78 is 7.56. The number of primary amides is 1. The number of nitrogen functional groups attached to an aromatic ring is 1. The molecule has 4 heterocycles. The van der Waals surface area contributed by atoms with Gasteiger partial charge in [-0.1, -0.05) is 6.07 Å². The normalized spacial score (nSPS) is 11.1. The molecule has 0 radical (unpaired) electrons. The predicted octanol–water partition coefficient (Wildman–Crippen LogP) is 2.06. The Hall–Kier alpha value is -3.53. The van der Waals surface area contributed by atoms with E-state index in [0.29, 0.717) is 21.6 Å². The van der Waals surface area contributed by atoms with E-state index in [9.17, 15) is 4.79 Å². The predicted molar refractivity (Wildman–Crippen MR) is 106 cm³/mol. The van der Waals surface area contributed by atoms with Crippen molar-refractivity contribution in [3.63, 3.8) is 0 Å². The van der Waals surface area contributed by atoms with Gasteiger partial charge in [0.05, 0.1) is 28.8 Å². The minimum Gasteiger partial charge on any atom is -0.457 e. The minimum absolute atomic E-state index is 0.147. The number of hydrogen-bond acceptors (Lipinski definition) is 8. The SMILES string of the molecule is Cc1cccc(-c2nc(OCc3cn(C)cn3)nc3sc(C(N)=O)c(N)c23)n1. The van der Waals surface area contributed by atoms with Crippen molar-refractivity contribution in [3.8, 4) is 17.4 Å². The average molecular weight is 395 g/mol. The molecule has 4 rings (SSSR count). The molecule has 142 valence electrons. The first kappa shape index (κ1) is 17.9. The van der Waals surface area contributed by atoms with Gasteiger partial charge in [-0.25, -0.2) is 4.98 Å². The molecule has 4 N–H and O–H groups in total. The molecule has 9 nitrogen and oxygen atoms in total. The molecule has 4 aromatic heterocycles. The van der Waals surface area contributed by atoms with E-state index >= 15 is 0 Å². The van der Waals surface area contributed by atoms with E-state index in [4.69, 9.17) is 16.2 Å². The Balaban J connectivity index is 1.84. The number of thiophene rings is 1. The van der Waals surface area contributed by atoms with Crippen molar-refractivity contribution in [1.82, 2.24) is 24.5 Å². The van der Waals surface area contributed by atoms with E-state index in [2.05, 4.69) is 19.9 Å². The topological polar surface area (TPSA) is 135 Å². The maximum Gasteiger partial charge on any atom is 0.318 e. The molecule has 0 bridgehead atoms. The van der Waals surface area contributed by atoms with E-state index in [-0.39, 0.29) is 23.2 Å². The Morgan fingerprint density at radius 3 is 2.79 bits per heavy atom. The number of imidazole rings is 1. The zero-order valence-electron chi connectivity index (χ0n) is 15.2. The molecule has 0 aliphatic heterocycles. The molecule has 0 saturated carbocycles. The van der Waals surface area contributed by atoms with Crippen molar-refractivity contribution in [2.24, 2.45) is 12.8 Å². The average Bonchev–Trinajstić information content (AvgIpc) is 3.22. The van der Waals surface area contributed by atoms with E-state index in [1.165, 1.54) is 0 Å². The maximum atomic E-state index is 11.7. The lowest BCUT2D eigenvalue weighted by Gasteiger charge is -2.08. The second-order valence-corrected chi connectivity index (χ2v) is 7.23. The van der Waals surface area contributed by atoms with Crippen molar-refractivity contribution in [2.45, 2.75) is 13.5 Å². The number of carbonyl (C=O) groups is 1. The Kier molecular flexibility index (Phi) is 4.40. The molecule has 4 aromatic rings. The van der Waals surface area contributed by atoms with Crippen LogP contribution in [0.1, 0.15) is 21.1 Å². The quantitative estimate of drug-likeness (QED) is 0.528. The summed E-state index contributed by atoms with van der Waals surface area (Å²) in [6.07, 6.45) is 3.53. The van der Waals surface area contributed by atoms with E-state index in [0.717, 1.165) is 22.7 Å². The molecular formula is C18H17N7O2S. The van der Waals surface area contributed by atoms with Crippen LogP contribution in [-0.2, 0) is 13.7 Å². The second-order valence-electron chi connectivity index (χ2n) is 6.23. The van der Waals surface area contributed by atoms with Crippen LogP contribution < -0.4 is 16.2 Å². The molecule has 0 aromatic carbocycles. The number of fused-ring (bicyclic) bond motifs is 1. The molecule has 10 heteroatoms. The third kappa shape index (κ3) is 3.25. The van der Waals surface area contributed by atoms with Crippen molar-refractivity contribution < 1.29 is 9.53 Å². The molecule has 0 aliphatic carbocycles. The van der Waals surface area contributed by atoms with Crippen LogP contribution in [0.5, 0.6) is 6.01 Å². The van der Waals surface area contributed by atoms with Gasteiger partial charge in [-0.15, -0.1) is 11.3 Å². The monoisotopic (exact) mass is 395 g/mol. The third-order valence-corrected chi connectivity index (χ3v) is 5.14. The number of aryl methyl sites for hydroxylation is 2. The fraction of sp³-hybridized carbons (Fsp3) is 0.167. The van der Waals surface area contributed by atoms with Gasteiger partial charge in [0, 0.05) is 18.9 Å². The Bertz CT molecular complexity index is 1200. The van der Waals surface area contributed by atoms with Crippen molar-refractivity contribution >= 4 is 33.1 Å². The van der Waals surface area contributed by atoms with Gasteiger partial charge in [0.25, 0.3) is 5.91 Å². The van der Waals surface area contributed by atoms with Crippen LogP contribution in [0.15, 0.2) is 30.7 Å². The lowest BCUT2D eigenvalue weighted by atomic mass is 10.1. The zero-order chi connectivity index (χ0) is 19.8. The van der Waals surface area contributed by atoms with E-state index < -0.39 is 5.91 Å². The first-order valence-electron chi connectivity index (χ1n) is 8.36. The molecule has 0 atom stereocenters. The van der Waals surface area contributed by atoms with Crippen LogP contribution in [0.4, 0.5) is 5.69 Å². The number of ether oxygens (including phenoxy) is 1. The standard InChI is InChI=1S/C18H17N7O2S/c1-9-4-3-5-11(22-9)14-12-13(19)15(16(20)26)28-17(12)24-18(23-14)27-7-10-6-25(2)8-21-10/h3-6,8H,7,19H2,1-2H3,(H2,20,26). The summed E-state index contributed by atoms with van der Waals surface area (Å²) in [5.74, 6) is -0.611. The van der Waals surface area contributed by atoms with Crippen molar-refractivity contribution in [1.29, 1.82) is 0 Å². The van der Waals surface area contributed by atoms with Gasteiger partial charge in [0.1, 0.15) is 22.0 Å². The van der Waals surface area contributed by atoms with Crippen LogP contribution >= 0.6 is 11.3 Å². The molecule has 0 fully saturated rings. The zero-order valence-corrected chi connectivity index (χ0v) is 16.0. The van der Waals surface area contributed by atoms with E-state index in [1.807, 2.05) is 42.9 Å². The fourth-order valence-corrected chi connectivity index (χ4v) is 3.73. The number of nitrogens with two attached hydrogens (primary N) is 2. The Morgan fingerprint density at radius 2 is 2.11 bits per heavy atom. The smallest absolute Gasteiger partial charge is 0.318 e. The van der Waals surface area contributed by atoms with Crippen molar-refractivity contribution in [3.05, 3.63) is 47.0 Å². The lowest BCUT2D eigenvalue weighted by Crippen LogP contribution is -2.10. The second kappa shape index (κ2) is 6.89. The summed E-state index contributed by atoms with van der Waals surface area (Å²) in [7, 11) is 1.88. The number of nitrogens with zero attached hydrogens (tertiary/aromatic N) is 5. The summed E-state index contributed by atoms with van der Waals surface area (Å²) >= 11 is 1.11. The Labute approximate surface area is 164 Å². The summed E-state index contributed by atoms with van der Waals surface area (Å²) in [5, 5.41) is 0.544. The van der Waals surface area contributed by atoms with Gasteiger partial charge in [-0.3, -0.25) is 9.78 Å². The first-order chi connectivity index (χ1) is 13.4. The number of rotatable bonds is 5. The number of amides is 1. The summed E-state index contributed by atoms with van der Waals surface area (Å²) in [6.45, 7) is 2.09. The van der Waals surface area contributed by atoms with Gasteiger partial charge in [-0.05, 0) is 19.1 Å². The van der Waals surface area contributed by atoms with Gasteiger partial charge in [0.2, 0.25) is 0 Å². The third-order valence-electron chi connectivity index (χ3n) is 4.03. The molecule has 0 unspecified atom stereocenters. The molecule has 1 amide bonds. The number of carbonyl (C=O) groups excluding carboxylic acids is 1. The van der Waals surface area contributed by atoms with Gasteiger partial charge in [-0.2, -0.15) is 9.97 Å². The highest BCUT2D eigenvalue weighted by molar-refractivity contribution is 7.21. The largest absolute Gasteiger partial charge is 0.457 e. The van der Waals surface area contributed by atoms with Gasteiger partial charge >= 0.3 is 6.01 Å². The van der Waals surface area contributed by atoms with Crippen molar-refractivity contribution in [2.75, 3.05) is 5.73 Å². The number of aromatic nitrogens is 5. The molecule has 0 aliphatic rings. The summed E-state index contributed by atoms with van der Waals surface area (Å²) in [5.41, 5.74) is 14.5. The van der Waals surface area contributed by atoms with Gasteiger partial charge < -0.3 is 20.8 Å². The lowest BCUT2D eigenvalue weighted by molar-refractivity contribution is 0.100. The highest BCUT2D eigenvalue weighted by atomic mass is 32.1. The highest BCUT2D eigenvalue weighted by Gasteiger charge is 2.22. The maximum absolute atomic E-state index is 11.7.